The molecule has 1 aliphatic carbocycles. The molecule has 1 rings (SSSR count). The van der Waals surface area contributed by atoms with Crippen LogP contribution in [0.2, 0.25) is 0 Å². The zero-order chi connectivity index (χ0) is 7.56. The van der Waals surface area contributed by atoms with E-state index in [0.717, 1.165) is 0 Å². The summed E-state index contributed by atoms with van der Waals surface area (Å²) in [5.74, 6) is 0. The summed E-state index contributed by atoms with van der Waals surface area (Å²) in [6.07, 6.45) is 6.11. The van der Waals surface area contributed by atoms with Gasteiger partial charge in [0.15, 0.2) is 0 Å². The van der Waals surface area contributed by atoms with Gasteiger partial charge < -0.3 is 0 Å². The van der Waals surface area contributed by atoms with E-state index in [2.05, 4.69) is 26.8 Å². The molecule has 0 heterocycles. The molecule has 0 nitrogen and oxygen atoms in total. The second-order valence-corrected chi connectivity index (χ2v) is 3.09. The molecule has 0 bridgehead atoms. The van der Waals surface area contributed by atoms with Crippen molar-refractivity contribution in [2.45, 2.75) is 40.0 Å². The Morgan fingerprint density at radius 1 is 1.40 bits per heavy atom. The number of allylic oxidation sites excluding steroid dienone is 4. The molecule has 0 N–H and O–H groups in total. The van der Waals surface area contributed by atoms with Crippen LogP contribution in [0.15, 0.2) is 22.8 Å². The molecule has 0 saturated carbocycles. The van der Waals surface area contributed by atoms with E-state index in [1.165, 1.54) is 19.3 Å². The monoisotopic (exact) mass is 136 g/mol. The highest BCUT2D eigenvalue weighted by Gasteiger charge is 2.08. The third kappa shape index (κ3) is 1.31. The molecule has 0 heteroatoms. The molecular weight excluding hydrogens is 120 g/mol. The van der Waals surface area contributed by atoms with Gasteiger partial charge >= 0.3 is 0 Å². The Morgan fingerprint density at radius 3 is 2.50 bits per heavy atom. The Balaban J connectivity index is 2.63. The summed E-state index contributed by atoms with van der Waals surface area (Å²) in [6.45, 7) is 6.71. The van der Waals surface area contributed by atoms with E-state index in [1.807, 2.05) is 0 Å². The van der Waals surface area contributed by atoms with Gasteiger partial charge in [-0.2, -0.15) is 0 Å². The molecule has 0 aromatic carbocycles. The fraction of sp³-hybridized carbons (Fsp3) is 0.600. The van der Waals surface area contributed by atoms with Crippen LogP contribution in [-0.2, 0) is 0 Å². The van der Waals surface area contributed by atoms with E-state index in [-0.39, 0.29) is 0 Å². The SMILES string of the molecule is CCCC1=CCC(C)=C1C. The second-order valence-electron chi connectivity index (χ2n) is 3.09. The molecule has 0 saturated heterocycles. The Kier molecular flexibility index (Phi) is 2.31. The Bertz CT molecular complexity index is 182. The highest BCUT2D eigenvalue weighted by Crippen LogP contribution is 2.27. The summed E-state index contributed by atoms with van der Waals surface area (Å²) in [5.41, 5.74) is 4.69. The van der Waals surface area contributed by atoms with Gasteiger partial charge in [0.2, 0.25) is 0 Å². The van der Waals surface area contributed by atoms with Crippen LogP contribution in [-0.4, -0.2) is 0 Å². The molecule has 0 spiro atoms. The molecule has 0 atom stereocenters. The zero-order valence-electron chi connectivity index (χ0n) is 7.20. The fourth-order valence-corrected chi connectivity index (χ4v) is 1.42. The van der Waals surface area contributed by atoms with Gasteiger partial charge in [-0.25, -0.2) is 0 Å². The van der Waals surface area contributed by atoms with Gasteiger partial charge in [0.05, 0.1) is 0 Å². The summed E-state index contributed by atoms with van der Waals surface area (Å²) in [6, 6.07) is 0. The molecular formula is C10H16. The van der Waals surface area contributed by atoms with Crippen molar-refractivity contribution in [2.24, 2.45) is 0 Å². The van der Waals surface area contributed by atoms with Crippen molar-refractivity contribution in [3.05, 3.63) is 22.8 Å². The van der Waals surface area contributed by atoms with E-state index in [0.29, 0.717) is 0 Å². The summed E-state index contributed by atoms with van der Waals surface area (Å²) in [7, 11) is 0. The van der Waals surface area contributed by atoms with Crippen molar-refractivity contribution in [3.8, 4) is 0 Å². The number of rotatable bonds is 2. The molecule has 0 fully saturated rings. The second kappa shape index (κ2) is 3.05. The topological polar surface area (TPSA) is 0 Å². The molecule has 0 radical (unpaired) electrons. The van der Waals surface area contributed by atoms with Gasteiger partial charge in [0.1, 0.15) is 0 Å². The van der Waals surface area contributed by atoms with Crippen LogP contribution in [0.1, 0.15) is 40.0 Å². The first kappa shape index (κ1) is 7.59. The summed E-state index contributed by atoms with van der Waals surface area (Å²) < 4.78 is 0. The van der Waals surface area contributed by atoms with E-state index >= 15 is 0 Å². The minimum Gasteiger partial charge on any atom is -0.0770 e. The summed E-state index contributed by atoms with van der Waals surface area (Å²) in [4.78, 5) is 0. The number of hydrogen-bond donors (Lipinski definition) is 0. The van der Waals surface area contributed by atoms with Crippen LogP contribution in [0.4, 0.5) is 0 Å². The molecule has 0 aromatic heterocycles. The largest absolute Gasteiger partial charge is 0.0770 e. The molecule has 0 unspecified atom stereocenters. The highest BCUT2D eigenvalue weighted by molar-refractivity contribution is 5.39. The van der Waals surface area contributed by atoms with E-state index in [9.17, 15) is 0 Å². The van der Waals surface area contributed by atoms with Gasteiger partial charge in [-0.3, -0.25) is 0 Å². The van der Waals surface area contributed by atoms with Crippen molar-refractivity contribution < 1.29 is 0 Å². The van der Waals surface area contributed by atoms with Crippen LogP contribution in [0.5, 0.6) is 0 Å². The summed E-state index contributed by atoms with van der Waals surface area (Å²) in [5, 5.41) is 0. The first-order valence-corrected chi connectivity index (χ1v) is 4.11. The van der Waals surface area contributed by atoms with Crippen LogP contribution in [0, 0.1) is 0 Å². The Labute approximate surface area is 63.6 Å². The quantitative estimate of drug-likeness (QED) is 0.545. The molecule has 10 heavy (non-hydrogen) atoms. The van der Waals surface area contributed by atoms with Crippen molar-refractivity contribution >= 4 is 0 Å². The van der Waals surface area contributed by atoms with Gasteiger partial charge in [0, 0.05) is 0 Å². The molecule has 0 amide bonds. The lowest BCUT2D eigenvalue weighted by atomic mass is 10.1. The third-order valence-electron chi connectivity index (χ3n) is 2.30. The first-order chi connectivity index (χ1) is 4.75. The van der Waals surface area contributed by atoms with Crippen molar-refractivity contribution in [1.82, 2.24) is 0 Å². The fourth-order valence-electron chi connectivity index (χ4n) is 1.42. The summed E-state index contributed by atoms with van der Waals surface area (Å²) >= 11 is 0. The third-order valence-corrected chi connectivity index (χ3v) is 2.30. The van der Waals surface area contributed by atoms with Gasteiger partial charge in [-0.1, -0.05) is 25.0 Å². The predicted octanol–water partition coefficient (Wildman–Crippen LogP) is 3.45. The van der Waals surface area contributed by atoms with E-state index in [1.54, 1.807) is 16.7 Å². The van der Waals surface area contributed by atoms with Gasteiger partial charge in [-0.05, 0) is 37.8 Å². The van der Waals surface area contributed by atoms with Crippen LogP contribution in [0.25, 0.3) is 0 Å². The van der Waals surface area contributed by atoms with Crippen molar-refractivity contribution in [2.75, 3.05) is 0 Å². The van der Waals surface area contributed by atoms with Gasteiger partial charge in [-0.15, -0.1) is 0 Å². The van der Waals surface area contributed by atoms with Gasteiger partial charge in [0.25, 0.3) is 0 Å². The maximum absolute atomic E-state index is 2.37. The smallest absolute Gasteiger partial charge is 0.0130 e. The molecule has 0 aromatic rings. The lowest BCUT2D eigenvalue weighted by Gasteiger charge is -2.01. The Morgan fingerprint density at radius 2 is 2.10 bits per heavy atom. The van der Waals surface area contributed by atoms with E-state index < -0.39 is 0 Å². The average Bonchev–Trinajstić information content (AvgIpc) is 2.20. The highest BCUT2D eigenvalue weighted by atomic mass is 14.1. The molecule has 56 valence electrons. The minimum atomic E-state index is 1.20. The lowest BCUT2D eigenvalue weighted by molar-refractivity contribution is 0.914. The first-order valence-electron chi connectivity index (χ1n) is 4.11. The van der Waals surface area contributed by atoms with E-state index in [4.69, 9.17) is 0 Å². The average molecular weight is 136 g/mol. The Hall–Kier alpha value is -0.520. The number of hydrogen-bond acceptors (Lipinski definition) is 0. The molecule has 1 aliphatic rings. The maximum atomic E-state index is 2.37. The van der Waals surface area contributed by atoms with Crippen molar-refractivity contribution in [1.29, 1.82) is 0 Å². The minimum absolute atomic E-state index is 1.20. The molecule has 0 aliphatic heterocycles. The van der Waals surface area contributed by atoms with Crippen LogP contribution in [0.3, 0.4) is 0 Å². The van der Waals surface area contributed by atoms with Crippen LogP contribution >= 0.6 is 0 Å². The predicted molar refractivity (Wildman–Crippen MR) is 46.0 cm³/mol. The maximum Gasteiger partial charge on any atom is -0.0130 e. The zero-order valence-corrected chi connectivity index (χ0v) is 7.20. The van der Waals surface area contributed by atoms with Crippen molar-refractivity contribution in [3.63, 3.8) is 0 Å². The van der Waals surface area contributed by atoms with Crippen LogP contribution < -0.4 is 0 Å². The lowest BCUT2D eigenvalue weighted by Crippen LogP contribution is -1.81. The standard InChI is InChI=1S/C10H16/c1-4-5-10-7-6-8(2)9(10)3/h7H,4-6H2,1-3H3. The normalized spacial score (nSPS) is 18.1.